The highest BCUT2D eigenvalue weighted by atomic mass is 35.5. The molecule has 0 amide bonds. The number of nitrogens with one attached hydrogen (secondary N) is 1. The molecule has 3 aromatic rings. The van der Waals surface area contributed by atoms with Gasteiger partial charge in [-0.25, -0.2) is 9.97 Å². The van der Waals surface area contributed by atoms with Crippen molar-refractivity contribution in [1.82, 2.24) is 9.97 Å². The van der Waals surface area contributed by atoms with Crippen LogP contribution in [0.2, 0.25) is 5.02 Å². The lowest BCUT2D eigenvalue weighted by Crippen LogP contribution is -2.26. The molecule has 1 saturated carbocycles. The summed E-state index contributed by atoms with van der Waals surface area (Å²) >= 11 is 9.93. The van der Waals surface area contributed by atoms with Gasteiger partial charge in [-0.1, -0.05) is 36.2 Å². The number of nitrogens with two attached hydrogens (primary N) is 1. The fourth-order valence-electron chi connectivity index (χ4n) is 4.71. The Morgan fingerprint density at radius 3 is 2.91 bits per heavy atom. The van der Waals surface area contributed by atoms with Crippen molar-refractivity contribution < 1.29 is 0 Å². The van der Waals surface area contributed by atoms with E-state index in [4.69, 9.17) is 27.3 Å². The Morgan fingerprint density at radius 1 is 1.15 bits per heavy atom. The van der Waals surface area contributed by atoms with Crippen LogP contribution in [-0.4, -0.2) is 23.1 Å². The number of rotatable bonds is 7. The van der Waals surface area contributed by atoms with Gasteiger partial charge in [-0.15, -0.1) is 23.1 Å². The number of hydrogen-bond donors (Lipinski definition) is 2. The first-order chi connectivity index (χ1) is 16.7. The van der Waals surface area contributed by atoms with Gasteiger partial charge in [-0.3, -0.25) is 0 Å². The number of aromatic nitrogens is 2. The summed E-state index contributed by atoms with van der Waals surface area (Å²) in [5, 5.41) is 7.79. The Labute approximate surface area is 214 Å². The van der Waals surface area contributed by atoms with E-state index in [-0.39, 0.29) is 0 Å². The molecular formula is C27H29ClN4S2. The molecule has 1 fully saturated rings. The Balaban J connectivity index is 1.35. The molecule has 2 aromatic heterocycles. The van der Waals surface area contributed by atoms with E-state index in [1.807, 2.05) is 36.0 Å². The molecule has 34 heavy (non-hydrogen) atoms. The van der Waals surface area contributed by atoms with Gasteiger partial charge in [0.15, 0.2) is 5.82 Å². The highest BCUT2D eigenvalue weighted by Gasteiger charge is 2.21. The number of thiophene rings is 1. The van der Waals surface area contributed by atoms with Crippen LogP contribution in [0.4, 0.5) is 5.82 Å². The number of allylic oxidation sites excluding steroid dienone is 3. The molecule has 0 radical (unpaired) electrons. The van der Waals surface area contributed by atoms with Crippen molar-refractivity contribution >= 4 is 57.5 Å². The number of thioether (sulfide) groups is 1. The third-order valence-corrected chi connectivity index (χ3v) is 9.04. The number of benzene rings is 1. The largest absolute Gasteiger partial charge is 0.369 e. The first-order valence-corrected chi connectivity index (χ1v) is 14.0. The van der Waals surface area contributed by atoms with Gasteiger partial charge in [0.1, 0.15) is 5.82 Å². The Kier molecular flexibility index (Phi) is 7.70. The lowest BCUT2D eigenvalue weighted by Gasteiger charge is -2.28. The minimum absolute atomic E-state index is 0.353. The van der Waals surface area contributed by atoms with Gasteiger partial charge >= 0.3 is 0 Å². The second-order valence-electron chi connectivity index (χ2n) is 8.95. The van der Waals surface area contributed by atoms with E-state index < -0.39 is 0 Å². The lowest BCUT2D eigenvalue weighted by molar-refractivity contribution is 0.281. The summed E-state index contributed by atoms with van der Waals surface area (Å²) in [4.78, 5) is 12.2. The summed E-state index contributed by atoms with van der Waals surface area (Å²) in [6, 6.07) is 10.1. The maximum Gasteiger partial charge on any atom is 0.154 e. The molecule has 0 saturated heterocycles. The van der Waals surface area contributed by atoms with Gasteiger partial charge in [0.25, 0.3) is 0 Å². The van der Waals surface area contributed by atoms with Crippen LogP contribution >= 0.6 is 34.7 Å². The summed E-state index contributed by atoms with van der Waals surface area (Å²) < 4.78 is 0. The van der Waals surface area contributed by atoms with Crippen molar-refractivity contribution in [2.75, 3.05) is 18.4 Å². The molecule has 4 nitrogen and oxygen atoms in total. The Hall–Kier alpha value is -2.12. The molecule has 3 N–H and O–H groups in total. The summed E-state index contributed by atoms with van der Waals surface area (Å²) in [7, 11) is 0. The zero-order chi connectivity index (χ0) is 23.3. The molecule has 5 rings (SSSR count). The number of anilines is 1. The molecular weight excluding hydrogens is 480 g/mol. The lowest BCUT2D eigenvalue weighted by atomic mass is 9.81. The predicted octanol–water partition coefficient (Wildman–Crippen LogP) is 7.46. The van der Waals surface area contributed by atoms with Crippen LogP contribution < -0.4 is 11.1 Å². The third-order valence-electron chi connectivity index (χ3n) is 6.49. The normalized spacial score (nSPS) is 22.9. The summed E-state index contributed by atoms with van der Waals surface area (Å²) in [6.45, 7) is 1.69. The van der Waals surface area contributed by atoms with E-state index in [1.165, 1.54) is 35.5 Å². The fourth-order valence-corrected chi connectivity index (χ4v) is 6.83. The molecule has 3 atom stereocenters. The maximum absolute atomic E-state index is 6.29. The quantitative estimate of drug-likeness (QED) is 0.346. The van der Waals surface area contributed by atoms with Crippen LogP contribution in [0.1, 0.15) is 41.6 Å². The van der Waals surface area contributed by atoms with Gasteiger partial charge < -0.3 is 11.1 Å². The van der Waals surface area contributed by atoms with Gasteiger partial charge in [0.05, 0.1) is 10.8 Å². The minimum Gasteiger partial charge on any atom is -0.369 e. The van der Waals surface area contributed by atoms with Crippen molar-refractivity contribution in [2.24, 2.45) is 17.6 Å². The number of halogens is 1. The molecule has 7 heteroatoms. The van der Waals surface area contributed by atoms with Gasteiger partial charge in [0, 0.05) is 26.7 Å². The summed E-state index contributed by atoms with van der Waals surface area (Å²) in [5.41, 5.74) is 6.80. The van der Waals surface area contributed by atoms with Crippen LogP contribution in [-0.2, 0) is 0 Å². The monoisotopic (exact) mass is 508 g/mol. The Bertz CT molecular complexity index is 1220. The van der Waals surface area contributed by atoms with Crippen molar-refractivity contribution in [2.45, 2.75) is 30.9 Å². The molecule has 176 valence electrons. The van der Waals surface area contributed by atoms with Crippen LogP contribution in [0.5, 0.6) is 0 Å². The summed E-state index contributed by atoms with van der Waals surface area (Å²) in [6.07, 6.45) is 15.6. The topological polar surface area (TPSA) is 63.8 Å². The van der Waals surface area contributed by atoms with Crippen molar-refractivity contribution in [1.29, 1.82) is 0 Å². The standard InChI is InChI=1S/C27H29ClN4S2/c28-20-9-11-22-23(15-20)31-26(32-27(22)30-17-19-5-1-4-18(14-19)16-29)12-10-21-6-2-7-25(34-21)24-8-3-13-33-24/h2-3,6-13,15,18-19,25H,1,4-5,14,16-17,29H2,(H,30,31,32)/b12-10+. The fraction of sp³-hybridized carbons (Fsp3) is 0.333. The van der Waals surface area contributed by atoms with Crippen LogP contribution in [0.15, 0.2) is 64.9 Å². The third kappa shape index (κ3) is 5.74. The Morgan fingerprint density at radius 2 is 2.06 bits per heavy atom. The van der Waals surface area contributed by atoms with Gasteiger partial charge in [0.2, 0.25) is 0 Å². The molecule has 3 heterocycles. The molecule has 1 aliphatic carbocycles. The maximum atomic E-state index is 6.29. The van der Waals surface area contributed by atoms with Gasteiger partial charge in [-0.2, -0.15) is 0 Å². The van der Waals surface area contributed by atoms with E-state index in [9.17, 15) is 0 Å². The highest BCUT2D eigenvalue weighted by Crippen LogP contribution is 2.41. The predicted molar refractivity (Wildman–Crippen MR) is 148 cm³/mol. The van der Waals surface area contributed by atoms with E-state index in [0.29, 0.717) is 27.9 Å². The number of nitrogens with zero attached hydrogens (tertiary/aromatic N) is 2. The first-order valence-electron chi connectivity index (χ1n) is 11.9. The molecule has 1 aliphatic heterocycles. The molecule has 0 bridgehead atoms. The molecule has 2 aliphatic rings. The van der Waals surface area contributed by atoms with Crippen LogP contribution in [0.3, 0.4) is 0 Å². The van der Waals surface area contributed by atoms with Crippen molar-refractivity contribution in [3.63, 3.8) is 0 Å². The smallest absolute Gasteiger partial charge is 0.154 e. The van der Waals surface area contributed by atoms with Gasteiger partial charge in [-0.05, 0) is 85.5 Å². The average Bonchev–Trinajstić information content (AvgIpc) is 3.41. The molecule has 0 spiro atoms. The van der Waals surface area contributed by atoms with E-state index in [0.717, 1.165) is 29.8 Å². The molecule has 3 unspecified atom stereocenters. The SMILES string of the molecule is NCC1CCCC(CNc2nc(/C=C/C3=CC=CC(c4cccs4)S3)nc3cc(Cl)ccc23)C1. The zero-order valence-corrected chi connectivity index (χ0v) is 21.4. The summed E-state index contributed by atoms with van der Waals surface area (Å²) in [5.74, 6) is 2.83. The molecule has 1 aromatic carbocycles. The number of fused-ring (bicyclic) bond motifs is 1. The van der Waals surface area contributed by atoms with Crippen molar-refractivity contribution in [3.8, 4) is 0 Å². The minimum atomic E-state index is 0.353. The average molecular weight is 509 g/mol. The zero-order valence-electron chi connectivity index (χ0n) is 19.0. The van der Waals surface area contributed by atoms with E-state index in [1.54, 1.807) is 11.3 Å². The second kappa shape index (κ2) is 11.1. The number of hydrogen-bond acceptors (Lipinski definition) is 6. The first kappa shape index (κ1) is 23.6. The van der Waals surface area contributed by atoms with E-state index >= 15 is 0 Å². The van der Waals surface area contributed by atoms with E-state index in [2.05, 4.69) is 47.1 Å². The van der Waals surface area contributed by atoms with Crippen LogP contribution in [0, 0.1) is 11.8 Å². The highest BCUT2D eigenvalue weighted by molar-refractivity contribution is 8.03. The van der Waals surface area contributed by atoms with Crippen LogP contribution in [0.25, 0.3) is 17.0 Å². The second-order valence-corrected chi connectivity index (χ2v) is 11.6. The van der Waals surface area contributed by atoms with Crippen molar-refractivity contribution in [3.05, 3.63) is 80.6 Å².